The second kappa shape index (κ2) is 7.54. The van der Waals surface area contributed by atoms with Gasteiger partial charge in [0.1, 0.15) is 0 Å². The number of nitrogens with one attached hydrogen (secondary N) is 2. The number of hydrogen-bond donors (Lipinski definition) is 2. The fourth-order valence-electron chi connectivity index (χ4n) is 1.88. The summed E-state index contributed by atoms with van der Waals surface area (Å²) in [6.07, 6.45) is 0. The summed E-state index contributed by atoms with van der Waals surface area (Å²) in [6, 6.07) is 16.2. The molecule has 0 bridgehead atoms. The highest BCUT2D eigenvalue weighted by molar-refractivity contribution is 7.89. The van der Waals surface area contributed by atoms with Crippen molar-refractivity contribution in [1.82, 2.24) is 10.0 Å². The molecule has 0 aliphatic rings. The van der Waals surface area contributed by atoms with E-state index in [1.807, 2.05) is 6.07 Å². The third-order valence-electron chi connectivity index (χ3n) is 3.01. The van der Waals surface area contributed by atoms with E-state index >= 15 is 0 Å². The summed E-state index contributed by atoms with van der Waals surface area (Å²) in [5.41, 5.74) is 0.748. The zero-order valence-electron chi connectivity index (χ0n) is 12.2. The van der Waals surface area contributed by atoms with Gasteiger partial charge in [0.05, 0.1) is 16.5 Å². The second-order valence-corrected chi connectivity index (χ2v) is 6.43. The zero-order chi connectivity index (χ0) is 16.7. The average molecular weight is 329 g/mol. The van der Waals surface area contributed by atoms with Crippen molar-refractivity contribution in [2.75, 3.05) is 13.1 Å². The lowest BCUT2D eigenvalue weighted by molar-refractivity contribution is 0.0954. The first kappa shape index (κ1) is 16.7. The van der Waals surface area contributed by atoms with E-state index in [1.54, 1.807) is 36.4 Å². The van der Waals surface area contributed by atoms with Crippen LogP contribution >= 0.6 is 0 Å². The first-order valence-corrected chi connectivity index (χ1v) is 8.34. The van der Waals surface area contributed by atoms with Gasteiger partial charge in [0.2, 0.25) is 10.0 Å². The first-order chi connectivity index (χ1) is 11.0. The minimum atomic E-state index is -3.58. The highest BCUT2D eigenvalue weighted by Gasteiger charge is 2.12. The maximum Gasteiger partial charge on any atom is 0.251 e. The lowest BCUT2D eigenvalue weighted by Gasteiger charge is -2.08. The number of amides is 1. The van der Waals surface area contributed by atoms with Gasteiger partial charge in [-0.15, -0.1) is 0 Å². The van der Waals surface area contributed by atoms with Crippen LogP contribution in [0.15, 0.2) is 59.5 Å². The molecule has 0 atom stereocenters. The summed E-state index contributed by atoms with van der Waals surface area (Å²) >= 11 is 0. The molecule has 23 heavy (non-hydrogen) atoms. The molecule has 0 aliphatic heterocycles. The quantitative estimate of drug-likeness (QED) is 0.780. The molecule has 2 rings (SSSR count). The van der Waals surface area contributed by atoms with Crippen LogP contribution < -0.4 is 10.0 Å². The van der Waals surface area contributed by atoms with Gasteiger partial charge in [-0.25, -0.2) is 13.1 Å². The summed E-state index contributed by atoms with van der Waals surface area (Å²) in [7, 11) is -3.58. The Labute approximate surface area is 134 Å². The van der Waals surface area contributed by atoms with Gasteiger partial charge >= 0.3 is 0 Å². The van der Waals surface area contributed by atoms with Crippen LogP contribution in [-0.2, 0) is 10.0 Å². The number of nitrogens with zero attached hydrogens (tertiary/aromatic N) is 1. The monoisotopic (exact) mass is 329 g/mol. The Balaban J connectivity index is 1.86. The molecule has 0 unspecified atom stereocenters. The van der Waals surface area contributed by atoms with Crippen LogP contribution in [0.4, 0.5) is 0 Å². The van der Waals surface area contributed by atoms with Crippen LogP contribution in [0.25, 0.3) is 0 Å². The number of carbonyl (C=O) groups is 1. The fourth-order valence-corrected chi connectivity index (χ4v) is 2.93. The third-order valence-corrected chi connectivity index (χ3v) is 4.49. The number of benzene rings is 2. The van der Waals surface area contributed by atoms with Gasteiger partial charge in [-0.3, -0.25) is 4.79 Å². The Kier molecular flexibility index (Phi) is 5.46. The van der Waals surface area contributed by atoms with Crippen molar-refractivity contribution in [2.45, 2.75) is 4.90 Å². The van der Waals surface area contributed by atoms with Crippen molar-refractivity contribution in [3.05, 3.63) is 65.7 Å². The molecule has 118 valence electrons. The SMILES string of the molecule is N#Cc1cccc(C(=O)NCCNS(=O)(=O)c2ccccc2)c1. The van der Waals surface area contributed by atoms with Gasteiger partial charge in [-0.05, 0) is 30.3 Å². The molecule has 2 aromatic rings. The molecule has 0 radical (unpaired) electrons. The normalized spacial score (nSPS) is 10.7. The molecule has 7 heteroatoms. The maximum absolute atomic E-state index is 12.0. The van der Waals surface area contributed by atoms with Gasteiger partial charge in [0.25, 0.3) is 5.91 Å². The predicted molar refractivity (Wildman–Crippen MR) is 85.1 cm³/mol. The summed E-state index contributed by atoms with van der Waals surface area (Å²) in [5.74, 6) is -0.360. The molecule has 0 aromatic heterocycles. The molecule has 1 amide bonds. The number of nitriles is 1. The molecule has 2 aromatic carbocycles. The van der Waals surface area contributed by atoms with Crippen LogP contribution in [0.1, 0.15) is 15.9 Å². The standard InChI is InChI=1S/C16H15N3O3S/c17-12-13-5-4-6-14(11-13)16(20)18-9-10-19-23(21,22)15-7-2-1-3-8-15/h1-8,11,19H,9-10H2,(H,18,20). The van der Waals surface area contributed by atoms with E-state index in [-0.39, 0.29) is 23.9 Å². The number of hydrogen-bond acceptors (Lipinski definition) is 4. The highest BCUT2D eigenvalue weighted by atomic mass is 32.2. The van der Waals surface area contributed by atoms with Gasteiger partial charge in [0.15, 0.2) is 0 Å². The number of carbonyl (C=O) groups excluding carboxylic acids is 1. The van der Waals surface area contributed by atoms with Crippen molar-refractivity contribution in [3.8, 4) is 6.07 Å². The van der Waals surface area contributed by atoms with E-state index in [0.29, 0.717) is 11.1 Å². The first-order valence-electron chi connectivity index (χ1n) is 6.86. The lowest BCUT2D eigenvalue weighted by Crippen LogP contribution is -2.34. The Hall–Kier alpha value is -2.69. The summed E-state index contributed by atoms with van der Waals surface area (Å²) in [5, 5.41) is 11.4. The fraction of sp³-hybridized carbons (Fsp3) is 0.125. The number of rotatable bonds is 6. The lowest BCUT2D eigenvalue weighted by atomic mass is 10.1. The van der Waals surface area contributed by atoms with Gasteiger partial charge in [0, 0.05) is 18.7 Å². The summed E-state index contributed by atoms with van der Waals surface area (Å²) < 4.78 is 26.4. The summed E-state index contributed by atoms with van der Waals surface area (Å²) in [6.45, 7) is 0.211. The van der Waals surface area contributed by atoms with E-state index < -0.39 is 10.0 Å². The molecular weight excluding hydrogens is 314 g/mol. The Morgan fingerprint density at radius 1 is 1.04 bits per heavy atom. The topological polar surface area (TPSA) is 99.1 Å². The van der Waals surface area contributed by atoms with Crippen LogP contribution in [-0.4, -0.2) is 27.4 Å². The molecule has 0 aliphatic carbocycles. The summed E-state index contributed by atoms with van der Waals surface area (Å²) in [4.78, 5) is 12.1. The largest absolute Gasteiger partial charge is 0.351 e. The van der Waals surface area contributed by atoms with Crippen LogP contribution in [0.2, 0.25) is 0 Å². The van der Waals surface area contributed by atoms with Gasteiger partial charge < -0.3 is 5.32 Å². The molecule has 0 fully saturated rings. The van der Waals surface area contributed by atoms with Gasteiger partial charge in [-0.1, -0.05) is 24.3 Å². The van der Waals surface area contributed by atoms with Gasteiger partial charge in [-0.2, -0.15) is 5.26 Å². The average Bonchev–Trinajstić information content (AvgIpc) is 2.59. The van der Waals surface area contributed by atoms with E-state index in [9.17, 15) is 13.2 Å². The van der Waals surface area contributed by atoms with Crippen LogP contribution in [0.3, 0.4) is 0 Å². The molecular formula is C16H15N3O3S. The van der Waals surface area contributed by atoms with Crippen LogP contribution in [0.5, 0.6) is 0 Å². The Bertz CT molecular complexity index is 827. The van der Waals surface area contributed by atoms with Crippen LogP contribution in [0, 0.1) is 11.3 Å². The second-order valence-electron chi connectivity index (χ2n) is 4.66. The molecule has 0 saturated carbocycles. The maximum atomic E-state index is 12.0. The van der Waals surface area contributed by atoms with Crippen molar-refractivity contribution < 1.29 is 13.2 Å². The van der Waals surface area contributed by atoms with E-state index in [2.05, 4.69) is 10.0 Å². The molecule has 0 heterocycles. The van der Waals surface area contributed by atoms with Crippen molar-refractivity contribution in [2.24, 2.45) is 0 Å². The number of sulfonamides is 1. The zero-order valence-corrected chi connectivity index (χ0v) is 13.0. The van der Waals surface area contributed by atoms with E-state index in [1.165, 1.54) is 18.2 Å². The van der Waals surface area contributed by atoms with Crippen molar-refractivity contribution in [1.29, 1.82) is 5.26 Å². The predicted octanol–water partition coefficient (Wildman–Crippen LogP) is 1.27. The molecule has 0 saturated heterocycles. The minimum Gasteiger partial charge on any atom is -0.351 e. The molecule has 2 N–H and O–H groups in total. The molecule has 0 spiro atoms. The highest BCUT2D eigenvalue weighted by Crippen LogP contribution is 2.06. The minimum absolute atomic E-state index is 0.0703. The van der Waals surface area contributed by atoms with Crippen molar-refractivity contribution >= 4 is 15.9 Å². The van der Waals surface area contributed by atoms with E-state index in [0.717, 1.165) is 0 Å². The van der Waals surface area contributed by atoms with E-state index in [4.69, 9.17) is 5.26 Å². The Morgan fingerprint density at radius 2 is 1.78 bits per heavy atom. The Morgan fingerprint density at radius 3 is 2.48 bits per heavy atom. The van der Waals surface area contributed by atoms with Crippen molar-refractivity contribution in [3.63, 3.8) is 0 Å². The molecule has 6 nitrogen and oxygen atoms in total. The smallest absolute Gasteiger partial charge is 0.251 e. The third kappa shape index (κ3) is 4.64.